The van der Waals surface area contributed by atoms with Crippen LogP contribution in [-0.4, -0.2) is 19.0 Å². The Morgan fingerprint density at radius 3 is 1.43 bits per heavy atom. The van der Waals surface area contributed by atoms with E-state index in [0.717, 1.165) is 0 Å². The molecular weight excluding hydrogens is 105 g/mol. The Kier molecular flexibility index (Phi) is 2.22. The largest absolute Gasteiger partial charge is 0.205 e. The number of hydrogen-bond donors (Lipinski definition) is 1. The molecule has 0 atom stereocenters. The van der Waals surface area contributed by atoms with Crippen molar-refractivity contribution in [2.45, 2.75) is 19.5 Å². The second-order valence-electron chi connectivity index (χ2n) is 2.72. The van der Waals surface area contributed by atoms with Crippen molar-refractivity contribution in [1.82, 2.24) is 0 Å². The first kappa shape index (κ1) is 7.39. The lowest BCUT2D eigenvalue weighted by Gasteiger charge is -2.14. The van der Waals surface area contributed by atoms with E-state index in [1.54, 1.807) is 0 Å². The zero-order chi connectivity index (χ0) is 6.08. The molecular formula is C5H15NP+. The van der Waals surface area contributed by atoms with E-state index in [-0.39, 0.29) is 0 Å². The number of rotatable bonds is 1. The predicted molar refractivity (Wildman–Crippen MR) is 38.1 cm³/mol. The molecule has 2 heteroatoms. The van der Waals surface area contributed by atoms with Crippen LogP contribution in [0.4, 0.5) is 0 Å². The first-order chi connectivity index (χ1) is 2.94. The zero-order valence-corrected chi connectivity index (χ0v) is 6.50. The van der Waals surface area contributed by atoms with Crippen LogP contribution in [0.2, 0.25) is 0 Å². The summed E-state index contributed by atoms with van der Waals surface area (Å²) in [5, 5.41) is 0. The average molecular weight is 120 g/mol. The first-order valence-corrected chi connectivity index (χ1v) is 5.39. The van der Waals surface area contributed by atoms with E-state index >= 15 is 0 Å². The van der Waals surface area contributed by atoms with E-state index in [1.165, 1.54) is 0 Å². The summed E-state index contributed by atoms with van der Waals surface area (Å²) in [5.74, 6) is 0. The normalized spacial score (nSPS) is 12.9. The molecule has 0 unspecified atom stereocenters. The van der Waals surface area contributed by atoms with Crippen molar-refractivity contribution in [3.63, 3.8) is 0 Å². The van der Waals surface area contributed by atoms with Crippen molar-refractivity contribution in [3.05, 3.63) is 0 Å². The summed E-state index contributed by atoms with van der Waals surface area (Å²) in [6.07, 6.45) is 0. The minimum absolute atomic E-state index is 0.687. The van der Waals surface area contributed by atoms with Crippen LogP contribution in [0.1, 0.15) is 13.8 Å². The van der Waals surface area contributed by atoms with E-state index in [2.05, 4.69) is 27.2 Å². The van der Waals surface area contributed by atoms with Crippen molar-refractivity contribution in [1.29, 1.82) is 0 Å². The third kappa shape index (κ3) is 3.02. The summed E-state index contributed by atoms with van der Waals surface area (Å²) in [5.41, 5.74) is 6.48. The number of nitrogens with two attached hydrogens (primary N) is 1. The highest BCUT2D eigenvalue weighted by atomic mass is 31.2. The molecule has 0 spiro atoms. The lowest BCUT2D eigenvalue weighted by Crippen LogP contribution is -2.10. The van der Waals surface area contributed by atoms with Crippen molar-refractivity contribution in [3.8, 4) is 0 Å². The Hall–Kier alpha value is 0.390. The minimum Gasteiger partial charge on any atom is -0.205 e. The van der Waals surface area contributed by atoms with Gasteiger partial charge in [-0.05, 0) is 13.8 Å². The van der Waals surface area contributed by atoms with Gasteiger partial charge >= 0.3 is 0 Å². The van der Waals surface area contributed by atoms with Crippen molar-refractivity contribution in [2.75, 3.05) is 13.3 Å². The van der Waals surface area contributed by atoms with Gasteiger partial charge in [-0.25, -0.2) is 5.50 Å². The fraction of sp³-hybridized carbons (Fsp3) is 1.00. The molecule has 0 saturated heterocycles. The Balaban J connectivity index is 3.54. The van der Waals surface area contributed by atoms with Gasteiger partial charge in [-0.1, -0.05) is 0 Å². The van der Waals surface area contributed by atoms with E-state index in [1.807, 2.05) is 0 Å². The molecule has 0 fully saturated rings. The number of hydrogen-bond acceptors (Lipinski definition) is 1. The molecule has 2 N–H and O–H groups in total. The fourth-order valence-corrected chi connectivity index (χ4v) is 0. The molecule has 44 valence electrons. The molecule has 0 saturated carbocycles. The summed E-state index contributed by atoms with van der Waals surface area (Å²) in [6.45, 7) is 8.65. The van der Waals surface area contributed by atoms with E-state index < -0.39 is 7.41 Å². The van der Waals surface area contributed by atoms with Gasteiger partial charge in [0.25, 0.3) is 0 Å². The van der Waals surface area contributed by atoms with Crippen LogP contribution < -0.4 is 5.50 Å². The van der Waals surface area contributed by atoms with Crippen molar-refractivity contribution in [2.24, 2.45) is 5.50 Å². The SMILES string of the molecule is CC(C)[P+](C)(C)N. The van der Waals surface area contributed by atoms with Crippen LogP contribution in [0, 0.1) is 0 Å². The molecule has 7 heavy (non-hydrogen) atoms. The second-order valence-corrected chi connectivity index (χ2v) is 7.01. The molecule has 0 aliphatic heterocycles. The maximum Gasteiger partial charge on any atom is 0.0788 e. The first-order valence-electron chi connectivity index (χ1n) is 2.57. The van der Waals surface area contributed by atoms with Crippen LogP contribution in [-0.2, 0) is 0 Å². The molecule has 0 amide bonds. The summed E-state index contributed by atoms with van der Waals surface area (Å²) in [6, 6.07) is 0. The van der Waals surface area contributed by atoms with Gasteiger partial charge in [0.05, 0.1) is 26.4 Å². The van der Waals surface area contributed by atoms with Gasteiger partial charge in [0, 0.05) is 0 Å². The lowest BCUT2D eigenvalue weighted by atomic mass is 10.6. The maximum atomic E-state index is 5.79. The van der Waals surface area contributed by atoms with Crippen LogP contribution in [0.5, 0.6) is 0 Å². The molecule has 0 rings (SSSR count). The summed E-state index contributed by atoms with van der Waals surface area (Å²) < 4.78 is 0. The molecule has 0 aromatic rings. The minimum atomic E-state index is -0.988. The summed E-state index contributed by atoms with van der Waals surface area (Å²) >= 11 is 0. The molecule has 0 radical (unpaired) electrons. The van der Waals surface area contributed by atoms with Crippen molar-refractivity contribution >= 4 is 7.41 Å². The molecule has 0 bridgehead atoms. The molecule has 0 heterocycles. The van der Waals surface area contributed by atoms with Gasteiger partial charge < -0.3 is 0 Å². The van der Waals surface area contributed by atoms with E-state index in [4.69, 9.17) is 5.50 Å². The Bertz CT molecular complexity index is 53.6. The maximum absolute atomic E-state index is 5.79. The van der Waals surface area contributed by atoms with Gasteiger partial charge in [-0.3, -0.25) is 0 Å². The van der Waals surface area contributed by atoms with Gasteiger partial charge in [-0.15, -0.1) is 0 Å². The van der Waals surface area contributed by atoms with Gasteiger partial charge in [0.15, 0.2) is 0 Å². The Morgan fingerprint density at radius 2 is 1.43 bits per heavy atom. The van der Waals surface area contributed by atoms with Crippen molar-refractivity contribution < 1.29 is 0 Å². The van der Waals surface area contributed by atoms with E-state index in [0.29, 0.717) is 5.66 Å². The third-order valence-electron chi connectivity index (χ3n) is 1.33. The second kappa shape index (κ2) is 2.11. The average Bonchev–Trinajstić information content (AvgIpc) is 1.31. The molecule has 1 nitrogen and oxygen atoms in total. The highest BCUT2D eigenvalue weighted by Gasteiger charge is 2.22. The molecule has 0 aliphatic rings. The zero-order valence-electron chi connectivity index (χ0n) is 5.60. The summed E-state index contributed by atoms with van der Waals surface area (Å²) in [7, 11) is -0.988. The van der Waals surface area contributed by atoms with Crippen LogP contribution in [0.3, 0.4) is 0 Å². The topological polar surface area (TPSA) is 26.0 Å². The van der Waals surface area contributed by atoms with Gasteiger partial charge in [0.1, 0.15) is 0 Å². The predicted octanol–water partition coefficient (Wildman–Crippen LogP) is 1.55. The quantitative estimate of drug-likeness (QED) is 0.522. The Labute approximate surface area is 46.7 Å². The monoisotopic (exact) mass is 120 g/mol. The van der Waals surface area contributed by atoms with Gasteiger partial charge in [-0.2, -0.15) is 0 Å². The smallest absolute Gasteiger partial charge is 0.0788 e. The van der Waals surface area contributed by atoms with Crippen LogP contribution in [0.15, 0.2) is 0 Å². The Morgan fingerprint density at radius 1 is 1.29 bits per heavy atom. The highest BCUT2D eigenvalue weighted by molar-refractivity contribution is 7.72. The fourth-order valence-electron chi connectivity index (χ4n) is 0. The third-order valence-corrected chi connectivity index (χ3v) is 3.99. The highest BCUT2D eigenvalue weighted by Crippen LogP contribution is 2.46. The van der Waals surface area contributed by atoms with E-state index in [9.17, 15) is 0 Å². The molecule has 0 aromatic heterocycles. The molecule has 0 aromatic carbocycles. The standard InChI is InChI=1S/C5H15NP/c1-5(2)7(3,4)6/h5H,6H2,1-4H3/q+1. The van der Waals surface area contributed by atoms with Gasteiger partial charge in [0.2, 0.25) is 0 Å². The van der Waals surface area contributed by atoms with Crippen LogP contribution in [0.25, 0.3) is 0 Å². The molecule has 0 aliphatic carbocycles. The summed E-state index contributed by atoms with van der Waals surface area (Å²) in [4.78, 5) is 0. The lowest BCUT2D eigenvalue weighted by molar-refractivity contribution is 1.07. The van der Waals surface area contributed by atoms with Crippen LogP contribution >= 0.6 is 7.41 Å².